The summed E-state index contributed by atoms with van der Waals surface area (Å²) < 4.78 is 0. The van der Waals surface area contributed by atoms with Crippen molar-refractivity contribution in [2.75, 3.05) is 19.7 Å². The molecule has 106 valence electrons. The first kappa shape index (κ1) is 15.6. The van der Waals surface area contributed by atoms with Crippen LogP contribution in [0.15, 0.2) is 0 Å². The summed E-state index contributed by atoms with van der Waals surface area (Å²) in [5.41, 5.74) is 0. The van der Waals surface area contributed by atoms with Gasteiger partial charge in [-0.3, -0.25) is 9.69 Å². The lowest BCUT2D eigenvalue weighted by atomic mass is 9.94. The van der Waals surface area contributed by atoms with Crippen molar-refractivity contribution in [3.63, 3.8) is 0 Å². The Hall–Kier alpha value is -0.410. The van der Waals surface area contributed by atoms with Gasteiger partial charge in [-0.15, -0.1) is 0 Å². The molecule has 1 aliphatic rings. The standard InChI is InChI=1S/C15H29NO2/c1-3-5-6-7-8-13-14(9-10-15(13)18)16(4-2)11-12-17/h13-14,17H,3-12H2,1-2H3. The van der Waals surface area contributed by atoms with Gasteiger partial charge in [-0.1, -0.05) is 39.5 Å². The van der Waals surface area contributed by atoms with Crippen molar-refractivity contribution in [1.82, 2.24) is 4.90 Å². The van der Waals surface area contributed by atoms with Crippen LogP contribution < -0.4 is 0 Å². The molecule has 1 saturated carbocycles. The monoisotopic (exact) mass is 255 g/mol. The van der Waals surface area contributed by atoms with Crippen LogP contribution in [0.3, 0.4) is 0 Å². The van der Waals surface area contributed by atoms with Gasteiger partial charge in [-0.05, 0) is 19.4 Å². The van der Waals surface area contributed by atoms with Crippen molar-refractivity contribution in [2.24, 2.45) is 5.92 Å². The highest BCUT2D eigenvalue weighted by atomic mass is 16.3. The maximum Gasteiger partial charge on any atom is 0.137 e. The van der Waals surface area contributed by atoms with Crippen molar-refractivity contribution in [3.8, 4) is 0 Å². The second kappa shape index (κ2) is 8.65. The zero-order valence-electron chi connectivity index (χ0n) is 12.0. The molecule has 0 aromatic rings. The number of unbranched alkanes of at least 4 members (excludes halogenated alkanes) is 3. The number of hydrogen-bond acceptors (Lipinski definition) is 3. The summed E-state index contributed by atoms with van der Waals surface area (Å²) >= 11 is 0. The number of carbonyl (C=O) groups is 1. The molecule has 3 nitrogen and oxygen atoms in total. The number of Topliss-reactive ketones (excluding diaryl/α,β-unsaturated/α-hetero) is 1. The third kappa shape index (κ3) is 4.36. The molecule has 1 fully saturated rings. The number of aliphatic hydroxyl groups excluding tert-OH is 1. The van der Waals surface area contributed by atoms with E-state index in [4.69, 9.17) is 5.11 Å². The van der Waals surface area contributed by atoms with Crippen LogP contribution >= 0.6 is 0 Å². The lowest BCUT2D eigenvalue weighted by molar-refractivity contribution is -0.121. The highest BCUT2D eigenvalue weighted by molar-refractivity contribution is 5.84. The number of nitrogens with zero attached hydrogens (tertiary/aromatic N) is 1. The number of carbonyl (C=O) groups excluding carboxylic acids is 1. The second-order valence-corrected chi connectivity index (χ2v) is 5.38. The summed E-state index contributed by atoms with van der Waals surface area (Å²) in [6.07, 6.45) is 7.73. The van der Waals surface area contributed by atoms with Gasteiger partial charge in [0.25, 0.3) is 0 Å². The minimum Gasteiger partial charge on any atom is -0.395 e. The van der Waals surface area contributed by atoms with Crippen LogP contribution in [0, 0.1) is 5.92 Å². The number of ketones is 1. The Bertz CT molecular complexity index is 243. The van der Waals surface area contributed by atoms with E-state index in [1.165, 1.54) is 25.7 Å². The molecule has 1 rings (SSSR count). The highest BCUT2D eigenvalue weighted by Gasteiger charge is 2.36. The molecular formula is C15H29NO2. The molecule has 1 N–H and O–H groups in total. The quantitative estimate of drug-likeness (QED) is 0.644. The largest absolute Gasteiger partial charge is 0.395 e. The van der Waals surface area contributed by atoms with Crippen LogP contribution in [0.5, 0.6) is 0 Å². The van der Waals surface area contributed by atoms with Gasteiger partial charge in [0, 0.05) is 24.9 Å². The van der Waals surface area contributed by atoms with Crippen LogP contribution in [-0.2, 0) is 4.79 Å². The summed E-state index contributed by atoms with van der Waals surface area (Å²) in [6.45, 7) is 6.17. The van der Waals surface area contributed by atoms with Crippen molar-refractivity contribution >= 4 is 5.78 Å². The van der Waals surface area contributed by atoms with E-state index in [9.17, 15) is 4.79 Å². The van der Waals surface area contributed by atoms with E-state index in [1.807, 2.05) is 0 Å². The van der Waals surface area contributed by atoms with Crippen molar-refractivity contribution in [2.45, 2.75) is 64.8 Å². The molecule has 0 radical (unpaired) electrons. The van der Waals surface area contributed by atoms with E-state index in [-0.39, 0.29) is 12.5 Å². The number of rotatable bonds is 9. The van der Waals surface area contributed by atoms with Gasteiger partial charge in [-0.2, -0.15) is 0 Å². The van der Waals surface area contributed by atoms with Gasteiger partial charge >= 0.3 is 0 Å². The Labute approximate surface area is 112 Å². The molecule has 0 aromatic heterocycles. The average Bonchev–Trinajstić information content (AvgIpc) is 2.73. The number of likely N-dealkylation sites (N-methyl/N-ethyl adjacent to an activating group) is 1. The number of hydrogen-bond donors (Lipinski definition) is 1. The predicted octanol–water partition coefficient (Wildman–Crippen LogP) is 2.62. The molecule has 0 amide bonds. The average molecular weight is 255 g/mol. The molecule has 0 aromatic carbocycles. The molecule has 2 unspecified atom stereocenters. The fourth-order valence-electron chi connectivity index (χ4n) is 3.16. The SMILES string of the molecule is CCCCCCC1C(=O)CCC1N(CC)CCO. The lowest BCUT2D eigenvalue weighted by Gasteiger charge is -2.30. The molecule has 2 atom stereocenters. The molecule has 0 saturated heterocycles. The Balaban J connectivity index is 2.46. The zero-order chi connectivity index (χ0) is 13.4. The zero-order valence-corrected chi connectivity index (χ0v) is 12.0. The Morgan fingerprint density at radius 3 is 2.67 bits per heavy atom. The molecular weight excluding hydrogens is 226 g/mol. The van der Waals surface area contributed by atoms with E-state index < -0.39 is 0 Å². The predicted molar refractivity (Wildman–Crippen MR) is 74.6 cm³/mol. The summed E-state index contributed by atoms with van der Waals surface area (Å²) in [7, 11) is 0. The Morgan fingerprint density at radius 1 is 1.28 bits per heavy atom. The van der Waals surface area contributed by atoms with Crippen LogP contribution in [0.4, 0.5) is 0 Å². The minimum absolute atomic E-state index is 0.196. The van der Waals surface area contributed by atoms with Crippen molar-refractivity contribution in [1.29, 1.82) is 0 Å². The summed E-state index contributed by atoms with van der Waals surface area (Å²) in [4.78, 5) is 14.3. The van der Waals surface area contributed by atoms with Crippen LogP contribution in [0.25, 0.3) is 0 Å². The molecule has 0 aliphatic heterocycles. The molecule has 0 spiro atoms. The lowest BCUT2D eigenvalue weighted by Crippen LogP contribution is -2.40. The molecule has 3 heteroatoms. The maximum absolute atomic E-state index is 12.0. The van der Waals surface area contributed by atoms with E-state index in [2.05, 4.69) is 18.7 Å². The van der Waals surface area contributed by atoms with Crippen molar-refractivity contribution < 1.29 is 9.90 Å². The third-order valence-corrected chi connectivity index (χ3v) is 4.20. The van der Waals surface area contributed by atoms with Gasteiger partial charge in [0.2, 0.25) is 0 Å². The first-order chi connectivity index (χ1) is 8.74. The fraction of sp³-hybridized carbons (Fsp3) is 0.933. The highest BCUT2D eigenvalue weighted by Crippen LogP contribution is 2.31. The maximum atomic E-state index is 12.0. The smallest absolute Gasteiger partial charge is 0.137 e. The Kier molecular flexibility index (Phi) is 7.52. The molecule has 1 aliphatic carbocycles. The van der Waals surface area contributed by atoms with Gasteiger partial charge in [0.05, 0.1) is 6.61 Å². The van der Waals surface area contributed by atoms with E-state index in [0.717, 1.165) is 25.8 Å². The minimum atomic E-state index is 0.196. The summed E-state index contributed by atoms with van der Waals surface area (Å²) in [6, 6.07) is 0.385. The van der Waals surface area contributed by atoms with Crippen LogP contribution in [-0.4, -0.2) is 41.5 Å². The third-order valence-electron chi connectivity index (χ3n) is 4.20. The van der Waals surface area contributed by atoms with Gasteiger partial charge in [0.15, 0.2) is 0 Å². The van der Waals surface area contributed by atoms with Gasteiger partial charge in [-0.25, -0.2) is 0 Å². The van der Waals surface area contributed by atoms with Gasteiger partial charge < -0.3 is 5.11 Å². The first-order valence-electron chi connectivity index (χ1n) is 7.62. The van der Waals surface area contributed by atoms with E-state index in [0.29, 0.717) is 18.4 Å². The summed E-state index contributed by atoms with van der Waals surface area (Å²) in [5, 5.41) is 9.10. The topological polar surface area (TPSA) is 40.5 Å². The fourth-order valence-corrected chi connectivity index (χ4v) is 3.16. The first-order valence-corrected chi connectivity index (χ1v) is 7.62. The van der Waals surface area contributed by atoms with Crippen molar-refractivity contribution in [3.05, 3.63) is 0 Å². The number of aliphatic hydroxyl groups is 1. The molecule has 18 heavy (non-hydrogen) atoms. The molecule has 0 bridgehead atoms. The van der Waals surface area contributed by atoms with Crippen LogP contribution in [0.1, 0.15) is 58.8 Å². The Morgan fingerprint density at radius 2 is 2.06 bits per heavy atom. The van der Waals surface area contributed by atoms with Gasteiger partial charge in [0.1, 0.15) is 5.78 Å². The van der Waals surface area contributed by atoms with E-state index in [1.54, 1.807) is 0 Å². The second-order valence-electron chi connectivity index (χ2n) is 5.38. The normalized spacial score (nSPS) is 24.1. The van der Waals surface area contributed by atoms with E-state index >= 15 is 0 Å². The van der Waals surface area contributed by atoms with Crippen LogP contribution in [0.2, 0.25) is 0 Å². The molecule has 0 heterocycles. The summed E-state index contributed by atoms with van der Waals surface area (Å²) in [5.74, 6) is 0.682.